The Morgan fingerprint density at radius 3 is 2.40 bits per heavy atom. The zero-order chi connectivity index (χ0) is 20.9. The molecule has 150 valence electrons. The van der Waals surface area contributed by atoms with E-state index in [4.69, 9.17) is 16.3 Å². The Balaban J connectivity index is 1.80. The third-order valence-corrected chi connectivity index (χ3v) is 8.36. The van der Waals surface area contributed by atoms with Crippen molar-refractivity contribution in [2.75, 3.05) is 0 Å². The van der Waals surface area contributed by atoms with Crippen molar-refractivity contribution in [3.8, 4) is 0 Å². The summed E-state index contributed by atoms with van der Waals surface area (Å²) in [5.41, 5.74) is 1.90. The number of fused-ring (bicyclic) bond motifs is 10. The third-order valence-electron chi connectivity index (χ3n) is 6.34. The van der Waals surface area contributed by atoms with Gasteiger partial charge in [0.25, 0.3) is 10.0 Å². The minimum atomic E-state index is -3.87. The molecule has 2 aromatic heterocycles. The Labute approximate surface area is 178 Å². The Hall–Kier alpha value is -2.67. The zero-order valence-corrected chi connectivity index (χ0v) is 17.8. The molecule has 4 heterocycles. The lowest BCUT2D eigenvalue weighted by Crippen LogP contribution is -2.28. The highest BCUT2D eigenvalue weighted by molar-refractivity contribution is 7.90. The van der Waals surface area contributed by atoms with Crippen LogP contribution in [-0.2, 0) is 26.0 Å². The predicted octanol–water partition coefficient (Wildman–Crippen LogP) is 4.80. The first-order valence-corrected chi connectivity index (χ1v) is 11.4. The fourth-order valence-electron chi connectivity index (χ4n) is 5.22. The van der Waals surface area contributed by atoms with Crippen molar-refractivity contribution in [3.63, 3.8) is 0 Å². The highest BCUT2D eigenvalue weighted by Crippen LogP contribution is 2.64. The average molecular weight is 437 g/mol. The van der Waals surface area contributed by atoms with Crippen LogP contribution in [0.25, 0.3) is 10.9 Å². The lowest BCUT2D eigenvalue weighted by atomic mass is 9.77. The molecular formula is C23H17ClN2O3S. The lowest BCUT2D eigenvalue weighted by molar-refractivity contribution is -0.0530. The Bertz CT molecular complexity index is 1480. The highest BCUT2D eigenvalue weighted by Gasteiger charge is 2.63. The van der Waals surface area contributed by atoms with E-state index < -0.39 is 21.2 Å². The van der Waals surface area contributed by atoms with Gasteiger partial charge in [-0.1, -0.05) is 48.0 Å². The molecule has 6 rings (SSSR count). The number of rotatable bonds is 2. The van der Waals surface area contributed by atoms with E-state index in [-0.39, 0.29) is 4.90 Å². The number of hydrogen-bond acceptors (Lipinski definition) is 4. The number of benzene rings is 2. The molecule has 2 bridgehead atoms. The average Bonchev–Trinajstić information content (AvgIpc) is 3.30. The molecule has 5 nitrogen and oxygen atoms in total. The largest absolute Gasteiger partial charge is 0.348 e. The highest BCUT2D eigenvalue weighted by atomic mass is 35.5. The number of ether oxygens (including phenoxy) is 1. The zero-order valence-electron chi connectivity index (χ0n) is 16.3. The molecule has 0 N–H and O–H groups in total. The summed E-state index contributed by atoms with van der Waals surface area (Å²) in [7, 11) is -3.87. The SMILES string of the molecule is C[C@]12O[C@](C)(c3c(Cl)cncc31)c1c2c2ccccc2n1S(=O)(=O)c1ccccc1. The quantitative estimate of drug-likeness (QED) is 0.453. The van der Waals surface area contributed by atoms with Gasteiger partial charge in [-0.15, -0.1) is 0 Å². The molecule has 0 fully saturated rings. The Morgan fingerprint density at radius 1 is 0.933 bits per heavy atom. The summed E-state index contributed by atoms with van der Waals surface area (Å²) in [5, 5.41) is 1.32. The third kappa shape index (κ3) is 1.92. The second-order valence-corrected chi connectivity index (χ2v) is 10.2. The summed E-state index contributed by atoms with van der Waals surface area (Å²) in [5.74, 6) is 0. The molecule has 2 aromatic carbocycles. The van der Waals surface area contributed by atoms with Gasteiger partial charge in [-0.25, -0.2) is 12.4 Å². The molecule has 0 unspecified atom stereocenters. The summed E-state index contributed by atoms with van der Waals surface area (Å²) < 4.78 is 35.7. The van der Waals surface area contributed by atoms with E-state index in [9.17, 15) is 8.42 Å². The normalized spacial score (nSPS) is 24.2. The number of aromatic nitrogens is 2. The van der Waals surface area contributed by atoms with Crippen LogP contribution in [0.2, 0.25) is 5.02 Å². The van der Waals surface area contributed by atoms with Crippen LogP contribution in [0.3, 0.4) is 0 Å². The number of pyridine rings is 1. The van der Waals surface area contributed by atoms with Gasteiger partial charge in [-0.05, 0) is 32.0 Å². The van der Waals surface area contributed by atoms with E-state index >= 15 is 0 Å². The van der Waals surface area contributed by atoms with Gasteiger partial charge in [0.15, 0.2) is 0 Å². The van der Waals surface area contributed by atoms with Crippen LogP contribution in [0.5, 0.6) is 0 Å². The molecule has 7 heteroatoms. The van der Waals surface area contributed by atoms with Gasteiger partial charge in [0.1, 0.15) is 11.2 Å². The first kappa shape index (κ1) is 18.1. The second-order valence-electron chi connectivity index (χ2n) is 8.04. The van der Waals surface area contributed by atoms with E-state index in [0.717, 1.165) is 22.1 Å². The van der Waals surface area contributed by atoms with Gasteiger partial charge in [0.2, 0.25) is 0 Å². The topological polar surface area (TPSA) is 61.2 Å². The maximum absolute atomic E-state index is 13.9. The molecule has 0 aliphatic carbocycles. The molecular weight excluding hydrogens is 420 g/mol. The van der Waals surface area contributed by atoms with Gasteiger partial charge >= 0.3 is 0 Å². The number of nitrogens with zero attached hydrogens (tertiary/aromatic N) is 2. The van der Waals surface area contributed by atoms with Crippen molar-refractivity contribution >= 4 is 32.5 Å². The van der Waals surface area contributed by atoms with Gasteiger partial charge in [-0.2, -0.15) is 0 Å². The van der Waals surface area contributed by atoms with Crippen LogP contribution >= 0.6 is 11.6 Å². The van der Waals surface area contributed by atoms with Crippen molar-refractivity contribution in [1.29, 1.82) is 0 Å². The standard InChI is InChI=1S/C23H17ClN2O3S/c1-22-16-12-25-13-17(24)20(16)23(2,29-22)21-19(22)15-10-6-7-11-18(15)26(21)30(27,28)14-8-4-3-5-9-14/h3-13H,1-2H3/t22-,23+/m0/s1. The summed E-state index contributed by atoms with van der Waals surface area (Å²) in [4.78, 5) is 4.50. The smallest absolute Gasteiger partial charge is 0.268 e. The van der Waals surface area contributed by atoms with Crippen LogP contribution in [0.4, 0.5) is 0 Å². The van der Waals surface area contributed by atoms with Crippen molar-refractivity contribution < 1.29 is 13.2 Å². The predicted molar refractivity (Wildman–Crippen MR) is 114 cm³/mol. The summed E-state index contributed by atoms with van der Waals surface area (Å²) in [6.45, 7) is 3.86. The molecule has 30 heavy (non-hydrogen) atoms. The van der Waals surface area contributed by atoms with Crippen molar-refractivity contribution in [2.45, 2.75) is 29.9 Å². The van der Waals surface area contributed by atoms with Crippen LogP contribution in [0.1, 0.15) is 36.2 Å². The summed E-state index contributed by atoms with van der Waals surface area (Å²) in [6.07, 6.45) is 3.35. The molecule has 0 spiro atoms. The molecule has 0 saturated carbocycles. The van der Waals surface area contributed by atoms with Crippen molar-refractivity contribution in [2.24, 2.45) is 0 Å². The molecule has 2 aliphatic rings. The fraction of sp³-hybridized carbons (Fsp3) is 0.174. The first-order chi connectivity index (χ1) is 14.3. The van der Waals surface area contributed by atoms with Gasteiger partial charge in [0, 0.05) is 34.5 Å². The lowest BCUT2D eigenvalue weighted by Gasteiger charge is -2.26. The van der Waals surface area contributed by atoms with Gasteiger partial charge < -0.3 is 4.74 Å². The number of hydrogen-bond donors (Lipinski definition) is 0. The molecule has 2 aliphatic heterocycles. The van der Waals surface area contributed by atoms with Gasteiger partial charge in [0.05, 0.1) is 21.1 Å². The Kier molecular flexibility index (Phi) is 3.33. The van der Waals surface area contributed by atoms with E-state index in [1.807, 2.05) is 38.1 Å². The van der Waals surface area contributed by atoms with Gasteiger partial charge in [-0.3, -0.25) is 4.98 Å². The van der Waals surface area contributed by atoms with Crippen LogP contribution in [-0.4, -0.2) is 17.4 Å². The van der Waals surface area contributed by atoms with Crippen LogP contribution in [0, 0.1) is 0 Å². The maximum Gasteiger partial charge on any atom is 0.268 e. The van der Waals surface area contributed by atoms with Crippen molar-refractivity contribution in [1.82, 2.24) is 8.96 Å². The monoisotopic (exact) mass is 436 g/mol. The van der Waals surface area contributed by atoms with E-state index in [2.05, 4.69) is 4.98 Å². The maximum atomic E-state index is 13.9. The fourth-order valence-corrected chi connectivity index (χ4v) is 7.20. The number of para-hydroxylation sites is 1. The Morgan fingerprint density at radius 2 is 1.63 bits per heavy atom. The van der Waals surface area contributed by atoms with E-state index in [1.165, 1.54) is 3.97 Å². The minimum Gasteiger partial charge on any atom is -0.348 e. The second kappa shape index (κ2) is 5.52. The molecule has 0 saturated heterocycles. The molecule has 0 amide bonds. The molecule has 0 radical (unpaired) electrons. The first-order valence-electron chi connectivity index (χ1n) is 9.60. The van der Waals surface area contributed by atoms with E-state index in [1.54, 1.807) is 42.7 Å². The molecule has 4 aromatic rings. The minimum absolute atomic E-state index is 0.228. The van der Waals surface area contributed by atoms with Crippen LogP contribution < -0.4 is 0 Å². The van der Waals surface area contributed by atoms with Crippen molar-refractivity contribution in [3.05, 3.63) is 94.4 Å². The number of halogens is 1. The van der Waals surface area contributed by atoms with Crippen LogP contribution in [0.15, 0.2) is 71.9 Å². The summed E-state index contributed by atoms with van der Waals surface area (Å²) >= 11 is 6.56. The summed E-state index contributed by atoms with van der Waals surface area (Å²) in [6, 6.07) is 16.0. The van der Waals surface area contributed by atoms with E-state index in [0.29, 0.717) is 16.2 Å². The molecule has 2 atom stereocenters.